The zero-order chi connectivity index (χ0) is 17.1. The molecular weight excluding hydrogens is 311 g/mol. The molecule has 2 saturated heterocycles. The fraction of sp³-hybridized carbons (Fsp3) is 0.529. The Labute approximate surface area is 141 Å². The molecule has 1 N–H and O–H groups in total. The van der Waals surface area contributed by atoms with Crippen molar-refractivity contribution in [3.63, 3.8) is 0 Å². The molecule has 3 rings (SSSR count). The van der Waals surface area contributed by atoms with Crippen LogP contribution in [0.25, 0.3) is 0 Å². The van der Waals surface area contributed by atoms with Gasteiger partial charge >= 0.3 is 6.03 Å². The molecule has 0 aliphatic carbocycles. The molecule has 0 aromatic heterocycles. The van der Waals surface area contributed by atoms with Gasteiger partial charge in [-0.2, -0.15) is 0 Å². The summed E-state index contributed by atoms with van der Waals surface area (Å²) in [6, 6.07) is 5.52. The summed E-state index contributed by atoms with van der Waals surface area (Å²) in [5, 5.41) is 2.95. The Morgan fingerprint density at radius 3 is 2.50 bits per heavy atom. The smallest absolute Gasteiger partial charge is 0.317 e. The summed E-state index contributed by atoms with van der Waals surface area (Å²) in [5.41, 5.74) is 0.662. The van der Waals surface area contributed by atoms with Gasteiger partial charge in [0.15, 0.2) is 0 Å². The first-order valence-electron chi connectivity index (χ1n) is 8.40. The number of benzene rings is 1. The number of nitrogens with zero attached hydrogens (tertiary/aromatic N) is 3. The molecule has 2 aliphatic rings. The van der Waals surface area contributed by atoms with Crippen molar-refractivity contribution in [2.24, 2.45) is 0 Å². The van der Waals surface area contributed by atoms with Crippen LogP contribution in [0, 0.1) is 5.82 Å². The van der Waals surface area contributed by atoms with E-state index in [4.69, 9.17) is 0 Å². The zero-order valence-corrected chi connectivity index (χ0v) is 13.9. The summed E-state index contributed by atoms with van der Waals surface area (Å²) in [5.74, 6) is -0.385. The summed E-state index contributed by atoms with van der Waals surface area (Å²) in [6.07, 6.45) is 0.276. The molecule has 0 bridgehead atoms. The molecule has 24 heavy (non-hydrogen) atoms. The van der Waals surface area contributed by atoms with Crippen LogP contribution in [0.2, 0.25) is 0 Å². The molecule has 1 aromatic carbocycles. The number of carbonyl (C=O) groups is 2. The predicted octanol–water partition coefficient (Wildman–Crippen LogP) is 1.28. The lowest BCUT2D eigenvalue weighted by Gasteiger charge is -2.34. The fourth-order valence-electron chi connectivity index (χ4n) is 3.21. The molecule has 1 atom stereocenters. The molecule has 3 amide bonds. The quantitative estimate of drug-likeness (QED) is 0.906. The second-order valence-corrected chi connectivity index (χ2v) is 6.25. The lowest BCUT2D eigenvalue weighted by atomic mass is 10.2. The van der Waals surface area contributed by atoms with Gasteiger partial charge in [0.2, 0.25) is 5.91 Å². The maximum atomic E-state index is 13.0. The number of nitrogens with one attached hydrogen (secondary N) is 1. The van der Waals surface area contributed by atoms with Crippen molar-refractivity contribution in [2.75, 3.05) is 44.2 Å². The van der Waals surface area contributed by atoms with Crippen LogP contribution in [0.3, 0.4) is 0 Å². The molecule has 2 fully saturated rings. The molecule has 1 aromatic rings. The summed E-state index contributed by atoms with van der Waals surface area (Å²) < 4.78 is 13.0. The third-order valence-corrected chi connectivity index (χ3v) is 4.70. The Bertz CT molecular complexity index is 599. The predicted molar refractivity (Wildman–Crippen MR) is 89.4 cm³/mol. The van der Waals surface area contributed by atoms with Gasteiger partial charge < -0.3 is 20.0 Å². The first kappa shape index (κ1) is 16.7. The zero-order valence-electron chi connectivity index (χ0n) is 13.9. The highest BCUT2D eigenvalue weighted by molar-refractivity contribution is 5.96. The largest absolute Gasteiger partial charge is 0.333 e. The monoisotopic (exact) mass is 334 g/mol. The molecule has 0 saturated carbocycles. The van der Waals surface area contributed by atoms with Gasteiger partial charge in [-0.1, -0.05) is 6.92 Å². The molecule has 0 radical (unpaired) electrons. The second-order valence-electron chi connectivity index (χ2n) is 6.25. The van der Waals surface area contributed by atoms with E-state index in [9.17, 15) is 14.0 Å². The topological polar surface area (TPSA) is 55.9 Å². The van der Waals surface area contributed by atoms with E-state index in [2.05, 4.69) is 17.1 Å². The van der Waals surface area contributed by atoms with Crippen LogP contribution in [-0.4, -0.2) is 67.0 Å². The normalized spacial score (nSPS) is 22.1. The number of carbonyl (C=O) groups excluding carboxylic acids is 2. The van der Waals surface area contributed by atoms with Crippen molar-refractivity contribution in [2.45, 2.75) is 19.4 Å². The van der Waals surface area contributed by atoms with Crippen LogP contribution in [-0.2, 0) is 4.79 Å². The van der Waals surface area contributed by atoms with Crippen molar-refractivity contribution < 1.29 is 14.0 Å². The van der Waals surface area contributed by atoms with Gasteiger partial charge in [-0.3, -0.25) is 4.79 Å². The van der Waals surface area contributed by atoms with E-state index in [0.29, 0.717) is 25.3 Å². The Balaban J connectivity index is 1.54. The van der Waals surface area contributed by atoms with Gasteiger partial charge in [0.25, 0.3) is 0 Å². The third-order valence-electron chi connectivity index (χ3n) is 4.70. The average Bonchev–Trinajstić information content (AvgIpc) is 2.96. The van der Waals surface area contributed by atoms with Crippen molar-refractivity contribution in [3.05, 3.63) is 30.1 Å². The van der Waals surface area contributed by atoms with Crippen molar-refractivity contribution in [1.29, 1.82) is 0 Å². The molecule has 0 spiro atoms. The van der Waals surface area contributed by atoms with Crippen molar-refractivity contribution >= 4 is 17.6 Å². The molecule has 6 nitrogen and oxygen atoms in total. The third kappa shape index (κ3) is 3.67. The molecule has 130 valence electrons. The lowest BCUT2D eigenvalue weighted by Crippen LogP contribution is -2.53. The molecule has 2 aliphatic heterocycles. The highest BCUT2D eigenvalue weighted by Crippen LogP contribution is 2.22. The summed E-state index contributed by atoms with van der Waals surface area (Å²) in [6.45, 7) is 6.72. The molecular formula is C17H23FN4O2. The summed E-state index contributed by atoms with van der Waals surface area (Å²) in [4.78, 5) is 30.2. The van der Waals surface area contributed by atoms with Crippen LogP contribution in [0.4, 0.5) is 14.9 Å². The molecule has 7 heteroatoms. The number of piperazine rings is 1. The van der Waals surface area contributed by atoms with E-state index >= 15 is 0 Å². The molecule has 0 unspecified atom stereocenters. The van der Waals surface area contributed by atoms with E-state index in [1.165, 1.54) is 12.1 Å². The van der Waals surface area contributed by atoms with Crippen LogP contribution >= 0.6 is 0 Å². The van der Waals surface area contributed by atoms with E-state index in [0.717, 1.165) is 19.6 Å². The van der Waals surface area contributed by atoms with Gasteiger partial charge in [-0.15, -0.1) is 0 Å². The van der Waals surface area contributed by atoms with E-state index in [-0.39, 0.29) is 30.2 Å². The number of hydrogen-bond acceptors (Lipinski definition) is 3. The average molecular weight is 334 g/mol. The second kappa shape index (κ2) is 7.17. The fourth-order valence-corrected chi connectivity index (χ4v) is 3.21. The maximum Gasteiger partial charge on any atom is 0.317 e. The van der Waals surface area contributed by atoms with Gasteiger partial charge in [-0.05, 0) is 30.8 Å². The van der Waals surface area contributed by atoms with E-state index < -0.39 is 0 Å². The number of rotatable bonds is 3. The number of hydrogen-bond donors (Lipinski definition) is 1. The Morgan fingerprint density at radius 1 is 1.21 bits per heavy atom. The van der Waals surface area contributed by atoms with Crippen LogP contribution < -0.4 is 10.2 Å². The molecule has 2 heterocycles. The number of likely N-dealkylation sites (N-methyl/N-ethyl adjacent to an activating group) is 1. The van der Waals surface area contributed by atoms with Crippen LogP contribution in [0.1, 0.15) is 13.3 Å². The Kier molecular flexibility index (Phi) is 4.99. The highest BCUT2D eigenvalue weighted by Gasteiger charge is 2.33. The SMILES string of the molecule is CCN1CCN(C(=O)N[C@@H]2CC(=O)N(c3ccc(F)cc3)C2)CC1. The lowest BCUT2D eigenvalue weighted by molar-refractivity contribution is -0.117. The van der Waals surface area contributed by atoms with Crippen molar-refractivity contribution in [1.82, 2.24) is 15.1 Å². The van der Waals surface area contributed by atoms with Gasteiger partial charge in [0.1, 0.15) is 5.82 Å². The summed E-state index contributed by atoms with van der Waals surface area (Å²) >= 11 is 0. The Hall–Kier alpha value is -2.15. The van der Waals surface area contributed by atoms with Crippen molar-refractivity contribution in [3.8, 4) is 0 Å². The number of amides is 3. The number of urea groups is 1. The van der Waals surface area contributed by atoms with Crippen LogP contribution in [0.5, 0.6) is 0 Å². The first-order valence-corrected chi connectivity index (χ1v) is 8.40. The van der Waals surface area contributed by atoms with Crippen LogP contribution in [0.15, 0.2) is 24.3 Å². The number of halogens is 1. The minimum absolute atomic E-state index is 0.0530. The van der Waals surface area contributed by atoms with Gasteiger partial charge in [0, 0.05) is 44.8 Å². The first-order chi connectivity index (χ1) is 11.6. The van der Waals surface area contributed by atoms with E-state index in [1.54, 1.807) is 21.9 Å². The van der Waals surface area contributed by atoms with E-state index in [1.807, 2.05) is 0 Å². The minimum atomic E-state index is -0.332. The minimum Gasteiger partial charge on any atom is -0.333 e. The Morgan fingerprint density at radius 2 is 1.88 bits per heavy atom. The maximum absolute atomic E-state index is 13.0. The number of anilines is 1. The highest BCUT2D eigenvalue weighted by atomic mass is 19.1. The van der Waals surface area contributed by atoms with Gasteiger partial charge in [-0.25, -0.2) is 9.18 Å². The van der Waals surface area contributed by atoms with Gasteiger partial charge in [0.05, 0.1) is 6.04 Å². The summed E-state index contributed by atoms with van der Waals surface area (Å²) in [7, 11) is 0. The standard InChI is InChI=1S/C17H23FN4O2/c1-2-20-7-9-21(10-8-20)17(24)19-14-11-16(23)22(12-14)15-5-3-13(18)4-6-15/h3-6,14H,2,7-12H2,1H3,(H,19,24)/t14-/m1/s1.